The molecule has 0 atom stereocenters. The summed E-state index contributed by atoms with van der Waals surface area (Å²) in [5.41, 5.74) is 4.18. The minimum Gasteiger partial charge on any atom is -0.381 e. The van der Waals surface area contributed by atoms with Crippen LogP contribution in [0.3, 0.4) is 0 Å². The summed E-state index contributed by atoms with van der Waals surface area (Å²) in [6, 6.07) is 18.3. The van der Waals surface area contributed by atoms with Gasteiger partial charge in [0.25, 0.3) is 0 Å². The van der Waals surface area contributed by atoms with E-state index in [2.05, 4.69) is 67.7 Å². The van der Waals surface area contributed by atoms with Crippen molar-refractivity contribution < 1.29 is 0 Å². The first kappa shape index (κ1) is 14.5. The van der Waals surface area contributed by atoms with Crippen molar-refractivity contribution in [1.29, 1.82) is 0 Å². The van der Waals surface area contributed by atoms with Gasteiger partial charge in [0.1, 0.15) is 0 Å². The van der Waals surface area contributed by atoms with Crippen LogP contribution >= 0.6 is 11.8 Å². The van der Waals surface area contributed by atoms with Gasteiger partial charge >= 0.3 is 0 Å². The molecule has 0 spiro atoms. The first-order chi connectivity index (χ1) is 10.3. The predicted octanol–water partition coefficient (Wildman–Crippen LogP) is 5.47. The Hall–Kier alpha value is -1.41. The minimum atomic E-state index is 0.620. The van der Waals surface area contributed by atoms with Gasteiger partial charge < -0.3 is 5.32 Å². The number of nitrogens with one attached hydrogen (secondary N) is 1. The minimum absolute atomic E-state index is 0.620. The van der Waals surface area contributed by atoms with Crippen LogP contribution in [0.15, 0.2) is 53.4 Å². The zero-order chi connectivity index (χ0) is 14.7. The maximum Gasteiger partial charge on any atom is 0.0480 e. The molecule has 0 amide bonds. The zero-order valence-corrected chi connectivity index (χ0v) is 13.6. The molecule has 1 nitrogen and oxygen atoms in total. The van der Waals surface area contributed by atoms with Crippen LogP contribution in [0.1, 0.15) is 36.8 Å². The molecule has 1 aliphatic rings. The van der Waals surface area contributed by atoms with Crippen molar-refractivity contribution in [2.45, 2.75) is 43.5 Å². The molecule has 2 aromatic carbocycles. The monoisotopic (exact) mass is 297 g/mol. The molecule has 1 saturated carbocycles. The molecule has 0 saturated heterocycles. The number of hydrogen-bond acceptors (Lipinski definition) is 2. The van der Waals surface area contributed by atoms with Crippen molar-refractivity contribution in [2.24, 2.45) is 0 Å². The number of rotatable bonds is 5. The van der Waals surface area contributed by atoms with Gasteiger partial charge in [0.2, 0.25) is 0 Å². The van der Waals surface area contributed by atoms with E-state index in [0.29, 0.717) is 6.04 Å². The van der Waals surface area contributed by atoms with Crippen molar-refractivity contribution in [3.05, 3.63) is 59.7 Å². The van der Waals surface area contributed by atoms with Crippen LogP contribution in [0.2, 0.25) is 0 Å². The molecule has 0 heterocycles. The standard InChI is InChI=1S/C19H23NS/c1-3-21-19-10-5-4-9-18(19)20-17-12-16(13-17)15-8-6-7-14(2)11-15/h4-11,16-17,20H,3,12-13H2,1-2H3. The van der Waals surface area contributed by atoms with E-state index in [1.54, 1.807) is 0 Å². The van der Waals surface area contributed by atoms with Gasteiger partial charge in [-0.2, -0.15) is 0 Å². The maximum absolute atomic E-state index is 3.73. The number of para-hydroxylation sites is 1. The fourth-order valence-corrected chi connectivity index (χ4v) is 3.79. The molecule has 21 heavy (non-hydrogen) atoms. The average Bonchev–Trinajstić information content (AvgIpc) is 2.44. The van der Waals surface area contributed by atoms with E-state index < -0.39 is 0 Å². The van der Waals surface area contributed by atoms with Crippen LogP contribution < -0.4 is 5.32 Å². The highest BCUT2D eigenvalue weighted by Gasteiger charge is 2.30. The molecule has 3 rings (SSSR count). The summed E-state index contributed by atoms with van der Waals surface area (Å²) in [6.07, 6.45) is 2.49. The van der Waals surface area contributed by atoms with E-state index in [-0.39, 0.29) is 0 Å². The summed E-state index contributed by atoms with van der Waals surface area (Å²) in [6.45, 7) is 4.38. The van der Waals surface area contributed by atoms with Crippen LogP contribution in [0, 0.1) is 6.92 Å². The molecule has 0 aromatic heterocycles. The van der Waals surface area contributed by atoms with Crippen molar-refractivity contribution in [3.8, 4) is 0 Å². The molecule has 0 bridgehead atoms. The van der Waals surface area contributed by atoms with Gasteiger partial charge in [-0.25, -0.2) is 0 Å². The number of aryl methyl sites for hydroxylation is 1. The number of thioether (sulfide) groups is 1. The van der Waals surface area contributed by atoms with Gasteiger partial charge in [-0.15, -0.1) is 11.8 Å². The Bertz CT molecular complexity index is 602. The van der Waals surface area contributed by atoms with Crippen LogP contribution in [-0.2, 0) is 0 Å². The fourth-order valence-electron chi connectivity index (χ4n) is 3.02. The largest absolute Gasteiger partial charge is 0.381 e. The summed E-state index contributed by atoms with van der Waals surface area (Å²) >= 11 is 1.92. The fraction of sp³-hybridized carbons (Fsp3) is 0.368. The van der Waals surface area contributed by atoms with Gasteiger partial charge in [-0.05, 0) is 49.1 Å². The first-order valence-electron chi connectivity index (χ1n) is 7.81. The van der Waals surface area contributed by atoms with Crippen LogP contribution in [0.25, 0.3) is 0 Å². The highest BCUT2D eigenvalue weighted by atomic mass is 32.2. The highest BCUT2D eigenvalue weighted by Crippen LogP contribution is 2.40. The predicted molar refractivity (Wildman–Crippen MR) is 93.4 cm³/mol. The molecular formula is C19H23NS. The molecule has 0 unspecified atom stereocenters. The average molecular weight is 297 g/mol. The quantitative estimate of drug-likeness (QED) is 0.735. The lowest BCUT2D eigenvalue weighted by Crippen LogP contribution is -2.34. The lowest BCUT2D eigenvalue weighted by Gasteiger charge is -2.37. The Morgan fingerprint density at radius 1 is 1.10 bits per heavy atom. The van der Waals surface area contributed by atoms with E-state index in [1.807, 2.05) is 11.8 Å². The molecule has 2 heteroatoms. The Morgan fingerprint density at radius 3 is 2.67 bits per heavy atom. The van der Waals surface area contributed by atoms with E-state index >= 15 is 0 Å². The van der Waals surface area contributed by atoms with Gasteiger partial charge in [0, 0.05) is 16.6 Å². The lowest BCUT2D eigenvalue weighted by atomic mass is 9.75. The number of benzene rings is 2. The molecular weight excluding hydrogens is 274 g/mol. The lowest BCUT2D eigenvalue weighted by molar-refractivity contribution is 0.373. The topological polar surface area (TPSA) is 12.0 Å². The van der Waals surface area contributed by atoms with Crippen molar-refractivity contribution in [3.63, 3.8) is 0 Å². The van der Waals surface area contributed by atoms with Gasteiger partial charge in [-0.1, -0.05) is 48.9 Å². The normalized spacial score (nSPS) is 20.9. The van der Waals surface area contributed by atoms with Gasteiger partial charge in [0.15, 0.2) is 0 Å². The third-order valence-corrected chi connectivity index (χ3v) is 5.15. The molecule has 1 aliphatic carbocycles. The van der Waals surface area contributed by atoms with Crippen molar-refractivity contribution in [1.82, 2.24) is 0 Å². The van der Waals surface area contributed by atoms with Crippen LogP contribution in [-0.4, -0.2) is 11.8 Å². The number of anilines is 1. The maximum atomic E-state index is 3.73. The first-order valence-corrected chi connectivity index (χ1v) is 8.79. The second-order valence-electron chi connectivity index (χ2n) is 5.85. The molecule has 0 radical (unpaired) electrons. The SMILES string of the molecule is CCSc1ccccc1NC1CC(c2cccc(C)c2)C1. The third-order valence-electron chi connectivity index (χ3n) is 4.20. The number of hydrogen-bond donors (Lipinski definition) is 1. The summed E-state index contributed by atoms with van der Waals surface area (Å²) in [5.74, 6) is 1.85. The summed E-state index contributed by atoms with van der Waals surface area (Å²) in [4.78, 5) is 1.37. The highest BCUT2D eigenvalue weighted by molar-refractivity contribution is 7.99. The Morgan fingerprint density at radius 2 is 1.90 bits per heavy atom. The van der Waals surface area contributed by atoms with E-state index in [1.165, 1.54) is 34.6 Å². The third kappa shape index (κ3) is 3.44. The molecule has 2 aromatic rings. The Balaban J connectivity index is 1.60. The summed E-state index contributed by atoms with van der Waals surface area (Å²) < 4.78 is 0. The zero-order valence-electron chi connectivity index (χ0n) is 12.8. The molecule has 1 N–H and O–H groups in total. The molecule has 1 fully saturated rings. The van der Waals surface area contributed by atoms with Gasteiger partial charge in [-0.3, -0.25) is 0 Å². The Kier molecular flexibility index (Phi) is 4.54. The summed E-state index contributed by atoms with van der Waals surface area (Å²) in [5, 5.41) is 3.73. The summed E-state index contributed by atoms with van der Waals surface area (Å²) in [7, 11) is 0. The second-order valence-corrected chi connectivity index (χ2v) is 7.16. The van der Waals surface area contributed by atoms with Crippen molar-refractivity contribution >= 4 is 17.4 Å². The second kappa shape index (κ2) is 6.57. The Labute approximate surface area is 132 Å². The molecule has 0 aliphatic heterocycles. The van der Waals surface area contributed by atoms with E-state index in [0.717, 1.165) is 11.7 Å². The van der Waals surface area contributed by atoms with Crippen molar-refractivity contribution in [2.75, 3.05) is 11.1 Å². The van der Waals surface area contributed by atoms with Crippen LogP contribution in [0.5, 0.6) is 0 Å². The molecule has 110 valence electrons. The van der Waals surface area contributed by atoms with E-state index in [4.69, 9.17) is 0 Å². The van der Waals surface area contributed by atoms with Gasteiger partial charge in [0.05, 0.1) is 0 Å². The smallest absolute Gasteiger partial charge is 0.0480 e. The van der Waals surface area contributed by atoms with E-state index in [9.17, 15) is 0 Å². The van der Waals surface area contributed by atoms with Crippen LogP contribution in [0.4, 0.5) is 5.69 Å².